The average molecular weight is 217 g/mol. The summed E-state index contributed by atoms with van der Waals surface area (Å²) in [5.41, 5.74) is 7.65. The van der Waals surface area contributed by atoms with Gasteiger partial charge in [0.15, 0.2) is 0 Å². The molecule has 0 unspecified atom stereocenters. The van der Waals surface area contributed by atoms with Gasteiger partial charge < -0.3 is 14.9 Å². The minimum Gasteiger partial charge on any atom is -0.496 e. The van der Waals surface area contributed by atoms with Crippen molar-refractivity contribution in [3.63, 3.8) is 0 Å². The Balaban J connectivity index is 2.49. The number of nitrogens with two attached hydrogens (primary N) is 1. The second kappa shape index (κ2) is 4.41. The van der Waals surface area contributed by atoms with Gasteiger partial charge in [0.2, 0.25) is 0 Å². The van der Waals surface area contributed by atoms with E-state index in [1.165, 1.54) is 5.56 Å². The third-order valence-corrected chi connectivity index (χ3v) is 2.48. The Morgan fingerprint density at radius 1 is 1.25 bits per heavy atom. The molecule has 3 heteroatoms. The summed E-state index contributed by atoms with van der Waals surface area (Å²) in [6.45, 7) is 2.45. The summed E-state index contributed by atoms with van der Waals surface area (Å²) in [6.07, 6.45) is 0. The quantitative estimate of drug-likeness (QED) is 0.859. The fraction of sp³-hybridized carbons (Fsp3) is 0.231. The fourth-order valence-electron chi connectivity index (χ4n) is 1.65. The Labute approximate surface area is 94.8 Å². The van der Waals surface area contributed by atoms with Crippen molar-refractivity contribution in [2.45, 2.75) is 13.5 Å². The van der Waals surface area contributed by atoms with Gasteiger partial charge in [-0.1, -0.05) is 11.6 Å². The lowest BCUT2D eigenvalue weighted by Gasteiger charge is -2.06. The van der Waals surface area contributed by atoms with Crippen LogP contribution in [0.1, 0.15) is 11.3 Å². The van der Waals surface area contributed by atoms with Crippen LogP contribution in [0.15, 0.2) is 34.7 Å². The van der Waals surface area contributed by atoms with Crippen LogP contribution in [0.25, 0.3) is 11.3 Å². The smallest absolute Gasteiger partial charge is 0.138 e. The highest BCUT2D eigenvalue weighted by Gasteiger charge is 2.09. The molecule has 16 heavy (non-hydrogen) atoms. The first-order chi connectivity index (χ1) is 7.74. The third kappa shape index (κ3) is 1.95. The van der Waals surface area contributed by atoms with E-state index < -0.39 is 0 Å². The molecule has 0 amide bonds. The van der Waals surface area contributed by atoms with E-state index >= 15 is 0 Å². The zero-order chi connectivity index (χ0) is 11.5. The predicted molar refractivity (Wildman–Crippen MR) is 63.3 cm³/mol. The molecule has 1 aromatic carbocycles. The summed E-state index contributed by atoms with van der Waals surface area (Å²) in [5.74, 6) is 2.38. The summed E-state index contributed by atoms with van der Waals surface area (Å²) < 4.78 is 10.9. The number of furan rings is 1. The lowest BCUT2D eigenvalue weighted by atomic mass is 10.1. The van der Waals surface area contributed by atoms with Crippen LogP contribution in [0.2, 0.25) is 0 Å². The summed E-state index contributed by atoms with van der Waals surface area (Å²) in [5, 5.41) is 0. The van der Waals surface area contributed by atoms with Gasteiger partial charge in [-0.3, -0.25) is 0 Å². The van der Waals surface area contributed by atoms with Crippen LogP contribution in [-0.4, -0.2) is 7.11 Å². The molecule has 0 saturated heterocycles. The second-order valence-corrected chi connectivity index (χ2v) is 3.67. The van der Waals surface area contributed by atoms with E-state index in [-0.39, 0.29) is 0 Å². The topological polar surface area (TPSA) is 48.4 Å². The highest BCUT2D eigenvalue weighted by Crippen LogP contribution is 2.31. The van der Waals surface area contributed by atoms with Gasteiger partial charge in [-0.25, -0.2) is 0 Å². The van der Waals surface area contributed by atoms with E-state index in [9.17, 15) is 0 Å². The SMILES string of the molecule is COc1ccc(C)cc1-c1ccc(CN)o1. The van der Waals surface area contributed by atoms with Crippen molar-refractivity contribution in [2.75, 3.05) is 7.11 Å². The lowest BCUT2D eigenvalue weighted by Crippen LogP contribution is -1.92. The van der Waals surface area contributed by atoms with Crippen molar-refractivity contribution in [3.05, 3.63) is 41.7 Å². The Kier molecular flexibility index (Phi) is 2.97. The lowest BCUT2D eigenvalue weighted by molar-refractivity contribution is 0.414. The number of aryl methyl sites for hydroxylation is 1. The van der Waals surface area contributed by atoms with E-state index in [1.807, 2.05) is 37.3 Å². The summed E-state index contributed by atoms with van der Waals surface area (Å²) in [4.78, 5) is 0. The number of hydrogen-bond acceptors (Lipinski definition) is 3. The molecule has 84 valence electrons. The molecule has 1 aromatic heterocycles. The maximum Gasteiger partial charge on any atom is 0.138 e. The first-order valence-electron chi connectivity index (χ1n) is 5.18. The van der Waals surface area contributed by atoms with Gasteiger partial charge in [0.05, 0.1) is 19.2 Å². The Morgan fingerprint density at radius 2 is 2.06 bits per heavy atom. The summed E-state index contributed by atoms with van der Waals surface area (Å²) in [7, 11) is 1.65. The number of benzene rings is 1. The minimum atomic E-state index is 0.411. The van der Waals surface area contributed by atoms with E-state index in [0.717, 1.165) is 22.8 Å². The molecule has 0 spiro atoms. The van der Waals surface area contributed by atoms with E-state index in [1.54, 1.807) is 7.11 Å². The molecular weight excluding hydrogens is 202 g/mol. The number of hydrogen-bond donors (Lipinski definition) is 1. The minimum absolute atomic E-state index is 0.411. The van der Waals surface area contributed by atoms with Crippen LogP contribution >= 0.6 is 0 Å². The Bertz CT molecular complexity index is 488. The highest BCUT2D eigenvalue weighted by atomic mass is 16.5. The van der Waals surface area contributed by atoms with Gasteiger partial charge in [-0.2, -0.15) is 0 Å². The Hall–Kier alpha value is -1.74. The maximum atomic E-state index is 5.61. The number of methoxy groups -OCH3 is 1. The van der Waals surface area contributed by atoms with Crippen molar-refractivity contribution in [2.24, 2.45) is 5.73 Å². The zero-order valence-electron chi connectivity index (χ0n) is 9.49. The number of ether oxygens (including phenoxy) is 1. The summed E-state index contributed by atoms with van der Waals surface area (Å²) in [6, 6.07) is 9.79. The molecule has 0 radical (unpaired) electrons. The molecule has 0 aliphatic rings. The predicted octanol–water partition coefficient (Wildman–Crippen LogP) is 2.72. The van der Waals surface area contributed by atoms with Crippen LogP contribution in [0.5, 0.6) is 5.75 Å². The van der Waals surface area contributed by atoms with Crippen LogP contribution in [0.4, 0.5) is 0 Å². The molecule has 1 heterocycles. The van der Waals surface area contributed by atoms with Crippen LogP contribution in [0.3, 0.4) is 0 Å². The first-order valence-corrected chi connectivity index (χ1v) is 5.18. The van der Waals surface area contributed by atoms with Gasteiger partial charge in [0.25, 0.3) is 0 Å². The van der Waals surface area contributed by atoms with Crippen molar-refractivity contribution in [1.29, 1.82) is 0 Å². The van der Waals surface area contributed by atoms with Crippen molar-refractivity contribution < 1.29 is 9.15 Å². The molecule has 2 N–H and O–H groups in total. The van der Waals surface area contributed by atoms with Crippen LogP contribution < -0.4 is 10.5 Å². The molecule has 0 bridgehead atoms. The molecule has 0 aliphatic heterocycles. The molecule has 2 rings (SSSR count). The largest absolute Gasteiger partial charge is 0.496 e. The molecule has 3 nitrogen and oxygen atoms in total. The molecule has 2 aromatic rings. The first kappa shape index (κ1) is 10.8. The van der Waals surface area contributed by atoms with Gasteiger partial charge in [-0.05, 0) is 31.2 Å². The van der Waals surface area contributed by atoms with Gasteiger partial charge in [0.1, 0.15) is 17.3 Å². The van der Waals surface area contributed by atoms with Crippen molar-refractivity contribution in [1.82, 2.24) is 0 Å². The molecule has 0 aliphatic carbocycles. The van der Waals surface area contributed by atoms with Gasteiger partial charge >= 0.3 is 0 Å². The summed E-state index contributed by atoms with van der Waals surface area (Å²) >= 11 is 0. The van der Waals surface area contributed by atoms with Crippen LogP contribution in [0, 0.1) is 6.92 Å². The maximum absolute atomic E-state index is 5.61. The van der Waals surface area contributed by atoms with Crippen molar-refractivity contribution >= 4 is 0 Å². The normalized spacial score (nSPS) is 10.4. The van der Waals surface area contributed by atoms with E-state index in [4.69, 9.17) is 14.9 Å². The Morgan fingerprint density at radius 3 is 2.69 bits per heavy atom. The molecular formula is C13H15NO2. The molecule has 0 atom stereocenters. The standard InChI is InChI=1S/C13H15NO2/c1-9-3-5-12(15-2)11(7-9)13-6-4-10(8-14)16-13/h3-7H,8,14H2,1-2H3. The van der Waals surface area contributed by atoms with E-state index in [2.05, 4.69) is 0 Å². The van der Waals surface area contributed by atoms with E-state index in [0.29, 0.717) is 6.54 Å². The fourth-order valence-corrected chi connectivity index (χ4v) is 1.65. The highest BCUT2D eigenvalue weighted by molar-refractivity contribution is 5.66. The average Bonchev–Trinajstić information content (AvgIpc) is 2.77. The van der Waals surface area contributed by atoms with Gasteiger partial charge in [-0.15, -0.1) is 0 Å². The third-order valence-electron chi connectivity index (χ3n) is 2.48. The molecule has 0 fully saturated rings. The second-order valence-electron chi connectivity index (χ2n) is 3.67. The number of rotatable bonds is 3. The monoisotopic (exact) mass is 217 g/mol. The van der Waals surface area contributed by atoms with Crippen molar-refractivity contribution in [3.8, 4) is 17.1 Å². The van der Waals surface area contributed by atoms with Gasteiger partial charge in [0, 0.05) is 0 Å². The molecule has 0 saturated carbocycles. The zero-order valence-corrected chi connectivity index (χ0v) is 9.49. The van der Waals surface area contributed by atoms with Crippen LogP contribution in [-0.2, 0) is 6.54 Å².